The van der Waals surface area contributed by atoms with Gasteiger partial charge in [0, 0.05) is 31.2 Å². The maximum absolute atomic E-state index is 12.7. The highest BCUT2D eigenvalue weighted by Gasteiger charge is 2.26. The van der Waals surface area contributed by atoms with Gasteiger partial charge in [0.05, 0.1) is 12.2 Å². The SMILES string of the molecule is CCNC(=NCc1nc(C)c(C)o1)N1CCN(Cc2ccc(Cl)cc2)C(=O)C1.I. The second kappa shape index (κ2) is 10.8. The van der Waals surface area contributed by atoms with E-state index in [-0.39, 0.29) is 29.9 Å². The lowest BCUT2D eigenvalue weighted by atomic mass is 10.2. The number of oxazole rings is 1. The summed E-state index contributed by atoms with van der Waals surface area (Å²) in [7, 11) is 0. The first-order valence-corrected chi connectivity index (χ1v) is 9.82. The number of aryl methyl sites for hydroxylation is 2. The number of nitrogens with one attached hydrogen (secondary N) is 1. The predicted molar refractivity (Wildman–Crippen MR) is 125 cm³/mol. The molecule has 0 spiro atoms. The van der Waals surface area contributed by atoms with Crippen LogP contribution in [0.15, 0.2) is 33.7 Å². The van der Waals surface area contributed by atoms with E-state index >= 15 is 0 Å². The molecule has 2 aromatic rings. The Morgan fingerprint density at radius 2 is 2.00 bits per heavy atom. The molecule has 0 atom stereocenters. The number of carbonyl (C=O) groups is 1. The number of aromatic nitrogens is 1. The standard InChI is InChI=1S/C20H26ClN5O2.HI/c1-4-22-20(23-11-18-24-14(2)15(3)28-18)26-10-9-25(19(27)13-26)12-16-5-7-17(21)8-6-16;/h5-8H,4,9-13H2,1-3H3,(H,22,23);1H. The fourth-order valence-electron chi connectivity index (χ4n) is 3.04. The number of carbonyl (C=O) groups excluding carboxylic acids is 1. The van der Waals surface area contributed by atoms with Crippen LogP contribution in [0.3, 0.4) is 0 Å². The first-order chi connectivity index (χ1) is 13.5. The van der Waals surface area contributed by atoms with Crippen molar-refractivity contribution >= 4 is 47.4 Å². The maximum Gasteiger partial charge on any atom is 0.242 e. The molecule has 1 aliphatic rings. The summed E-state index contributed by atoms with van der Waals surface area (Å²) in [4.78, 5) is 25.5. The van der Waals surface area contributed by atoms with Gasteiger partial charge in [-0.2, -0.15) is 0 Å². The van der Waals surface area contributed by atoms with Crippen molar-refractivity contribution in [2.24, 2.45) is 4.99 Å². The number of amides is 1. The number of benzene rings is 1. The second-order valence-corrected chi connectivity index (χ2v) is 7.22. The van der Waals surface area contributed by atoms with Gasteiger partial charge in [-0.25, -0.2) is 9.98 Å². The molecule has 7 nitrogen and oxygen atoms in total. The summed E-state index contributed by atoms with van der Waals surface area (Å²) in [5.74, 6) is 2.17. The quantitative estimate of drug-likeness (QED) is 0.364. The molecular weight excluding hydrogens is 505 g/mol. The topological polar surface area (TPSA) is 74.0 Å². The van der Waals surface area contributed by atoms with Crippen LogP contribution in [-0.4, -0.2) is 52.8 Å². The van der Waals surface area contributed by atoms with Gasteiger partial charge in [0.25, 0.3) is 0 Å². The summed E-state index contributed by atoms with van der Waals surface area (Å²) in [6, 6.07) is 7.60. The number of hydrogen-bond donors (Lipinski definition) is 1. The van der Waals surface area contributed by atoms with Crippen LogP contribution in [-0.2, 0) is 17.9 Å². The summed E-state index contributed by atoms with van der Waals surface area (Å²) >= 11 is 5.93. The zero-order valence-corrected chi connectivity index (χ0v) is 20.0. The van der Waals surface area contributed by atoms with E-state index in [0.717, 1.165) is 30.1 Å². The van der Waals surface area contributed by atoms with Gasteiger partial charge in [0.15, 0.2) is 5.96 Å². The van der Waals surface area contributed by atoms with Crippen molar-refractivity contribution in [2.45, 2.75) is 33.9 Å². The third-order valence-electron chi connectivity index (χ3n) is 4.68. The van der Waals surface area contributed by atoms with Crippen LogP contribution in [0, 0.1) is 13.8 Å². The van der Waals surface area contributed by atoms with Crippen molar-refractivity contribution in [3.05, 3.63) is 52.2 Å². The Labute approximate surface area is 193 Å². The minimum absolute atomic E-state index is 0. The van der Waals surface area contributed by atoms with E-state index in [9.17, 15) is 4.79 Å². The number of guanidine groups is 1. The smallest absolute Gasteiger partial charge is 0.242 e. The van der Waals surface area contributed by atoms with Gasteiger partial charge < -0.3 is 19.5 Å². The van der Waals surface area contributed by atoms with Crippen LogP contribution in [0.25, 0.3) is 0 Å². The van der Waals surface area contributed by atoms with Crippen LogP contribution in [0.4, 0.5) is 0 Å². The number of aliphatic imine (C=N–C) groups is 1. The lowest BCUT2D eigenvalue weighted by molar-refractivity contribution is -0.135. The molecule has 2 heterocycles. The highest BCUT2D eigenvalue weighted by molar-refractivity contribution is 14.0. The minimum atomic E-state index is 0. The van der Waals surface area contributed by atoms with Gasteiger partial charge in [-0.05, 0) is 38.5 Å². The van der Waals surface area contributed by atoms with E-state index < -0.39 is 0 Å². The van der Waals surface area contributed by atoms with Crippen LogP contribution < -0.4 is 5.32 Å². The normalized spacial score (nSPS) is 14.8. The number of nitrogens with zero attached hydrogens (tertiary/aromatic N) is 4. The molecular formula is C20H27ClIN5O2. The van der Waals surface area contributed by atoms with E-state index in [1.807, 2.05) is 54.8 Å². The summed E-state index contributed by atoms with van der Waals surface area (Å²) in [6.45, 7) is 9.12. The van der Waals surface area contributed by atoms with Crippen LogP contribution in [0.5, 0.6) is 0 Å². The highest BCUT2D eigenvalue weighted by Crippen LogP contribution is 2.14. The molecule has 158 valence electrons. The van der Waals surface area contributed by atoms with E-state index in [1.54, 1.807) is 0 Å². The average molecular weight is 532 g/mol. The predicted octanol–water partition coefficient (Wildman–Crippen LogP) is 3.37. The molecule has 1 aromatic heterocycles. The van der Waals surface area contributed by atoms with Gasteiger partial charge in [0.2, 0.25) is 11.8 Å². The highest BCUT2D eigenvalue weighted by atomic mass is 127. The Balaban J connectivity index is 0.00000300. The van der Waals surface area contributed by atoms with E-state index in [1.165, 1.54) is 0 Å². The largest absolute Gasteiger partial charge is 0.444 e. The summed E-state index contributed by atoms with van der Waals surface area (Å²) in [5.41, 5.74) is 1.95. The van der Waals surface area contributed by atoms with Crippen LogP contribution in [0.2, 0.25) is 5.02 Å². The second-order valence-electron chi connectivity index (χ2n) is 6.78. The molecule has 3 rings (SSSR count). The Hall–Kier alpha value is -1.81. The summed E-state index contributed by atoms with van der Waals surface area (Å²) in [5, 5.41) is 3.95. The van der Waals surface area contributed by atoms with Gasteiger partial charge in [-0.3, -0.25) is 4.79 Å². The first kappa shape index (κ1) is 23.5. The Morgan fingerprint density at radius 1 is 1.28 bits per heavy atom. The first-order valence-electron chi connectivity index (χ1n) is 9.44. The lowest BCUT2D eigenvalue weighted by Gasteiger charge is -2.36. The molecule has 1 amide bonds. The molecule has 1 aliphatic heterocycles. The molecule has 1 saturated heterocycles. The number of halogens is 2. The molecule has 1 N–H and O–H groups in total. The van der Waals surface area contributed by atoms with E-state index in [0.29, 0.717) is 43.1 Å². The molecule has 0 saturated carbocycles. The monoisotopic (exact) mass is 531 g/mol. The Bertz CT molecular complexity index is 834. The molecule has 9 heteroatoms. The third kappa shape index (κ3) is 6.33. The third-order valence-corrected chi connectivity index (χ3v) is 4.93. The summed E-state index contributed by atoms with van der Waals surface area (Å²) < 4.78 is 5.59. The summed E-state index contributed by atoms with van der Waals surface area (Å²) in [6.07, 6.45) is 0. The number of rotatable bonds is 5. The maximum atomic E-state index is 12.7. The van der Waals surface area contributed by atoms with Gasteiger partial charge in [-0.1, -0.05) is 23.7 Å². The minimum Gasteiger partial charge on any atom is -0.444 e. The van der Waals surface area contributed by atoms with Crippen molar-refractivity contribution in [3.8, 4) is 0 Å². The molecule has 29 heavy (non-hydrogen) atoms. The molecule has 1 fully saturated rings. The van der Waals surface area contributed by atoms with Gasteiger partial charge in [-0.15, -0.1) is 24.0 Å². The Kier molecular flexibility index (Phi) is 8.76. The molecule has 0 aliphatic carbocycles. The van der Waals surface area contributed by atoms with Crippen molar-refractivity contribution in [1.29, 1.82) is 0 Å². The van der Waals surface area contributed by atoms with Gasteiger partial charge in [0.1, 0.15) is 12.3 Å². The van der Waals surface area contributed by atoms with E-state index in [4.69, 9.17) is 16.0 Å². The zero-order valence-electron chi connectivity index (χ0n) is 16.9. The van der Waals surface area contributed by atoms with E-state index in [2.05, 4.69) is 15.3 Å². The fraction of sp³-hybridized carbons (Fsp3) is 0.450. The van der Waals surface area contributed by atoms with Crippen molar-refractivity contribution < 1.29 is 9.21 Å². The van der Waals surface area contributed by atoms with Crippen LogP contribution in [0.1, 0.15) is 29.8 Å². The lowest BCUT2D eigenvalue weighted by Crippen LogP contribution is -2.54. The average Bonchev–Trinajstić information content (AvgIpc) is 3.00. The Morgan fingerprint density at radius 3 is 2.59 bits per heavy atom. The fourth-order valence-corrected chi connectivity index (χ4v) is 3.17. The molecule has 0 bridgehead atoms. The number of piperazine rings is 1. The van der Waals surface area contributed by atoms with Crippen molar-refractivity contribution in [2.75, 3.05) is 26.2 Å². The van der Waals surface area contributed by atoms with Crippen LogP contribution >= 0.6 is 35.6 Å². The van der Waals surface area contributed by atoms with Crippen molar-refractivity contribution in [3.63, 3.8) is 0 Å². The molecule has 1 aromatic carbocycles. The molecule has 0 unspecified atom stereocenters. The molecule has 0 radical (unpaired) electrons. The number of hydrogen-bond acceptors (Lipinski definition) is 4. The van der Waals surface area contributed by atoms with Gasteiger partial charge >= 0.3 is 0 Å². The van der Waals surface area contributed by atoms with Crippen molar-refractivity contribution in [1.82, 2.24) is 20.1 Å². The zero-order chi connectivity index (χ0) is 20.1.